The SMILES string of the molecule is c1cnc2c(n1)CCS2. The van der Waals surface area contributed by atoms with Crippen LogP contribution in [0.3, 0.4) is 0 Å². The maximum Gasteiger partial charge on any atom is 0.118 e. The van der Waals surface area contributed by atoms with Crippen molar-refractivity contribution in [2.75, 3.05) is 5.75 Å². The lowest BCUT2D eigenvalue weighted by Gasteiger charge is -1.90. The maximum atomic E-state index is 4.18. The number of nitrogens with zero attached hydrogens (tertiary/aromatic N) is 2. The summed E-state index contributed by atoms with van der Waals surface area (Å²) in [5.74, 6) is 1.15. The van der Waals surface area contributed by atoms with Crippen LogP contribution >= 0.6 is 11.8 Å². The lowest BCUT2D eigenvalue weighted by Crippen LogP contribution is -1.86. The molecule has 0 bridgehead atoms. The molecule has 0 atom stereocenters. The fourth-order valence-electron chi connectivity index (χ4n) is 0.891. The first-order valence-electron chi connectivity index (χ1n) is 2.89. The molecular weight excluding hydrogens is 132 g/mol. The van der Waals surface area contributed by atoms with Crippen molar-refractivity contribution in [3.8, 4) is 0 Å². The van der Waals surface area contributed by atoms with Gasteiger partial charge in [-0.05, 0) is 0 Å². The van der Waals surface area contributed by atoms with E-state index in [1.54, 1.807) is 24.2 Å². The third-order valence-electron chi connectivity index (χ3n) is 1.31. The number of aromatic nitrogens is 2. The van der Waals surface area contributed by atoms with E-state index in [9.17, 15) is 0 Å². The molecule has 0 aliphatic carbocycles. The van der Waals surface area contributed by atoms with Crippen molar-refractivity contribution in [1.82, 2.24) is 9.97 Å². The van der Waals surface area contributed by atoms with Crippen LogP contribution in [0.5, 0.6) is 0 Å². The van der Waals surface area contributed by atoms with Crippen LogP contribution in [0.1, 0.15) is 5.69 Å². The fraction of sp³-hybridized carbons (Fsp3) is 0.333. The van der Waals surface area contributed by atoms with Crippen LogP contribution < -0.4 is 0 Å². The van der Waals surface area contributed by atoms with Gasteiger partial charge < -0.3 is 0 Å². The number of hydrogen-bond acceptors (Lipinski definition) is 3. The first-order chi connectivity index (χ1) is 4.47. The highest BCUT2D eigenvalue weighted by Gasteiger charge is 2.11. The van der Waals surface area contributed by atoms with Gasteiger partial charge in [-0.15, -0.1) is 11.8 Å². The van der Waals surface area contributed by atoms with Crippen LogP contribution in [0, 0.1) is 0 Å². The molecule has 0 unspecified atom stereocenters. The second-order valence-electron chi connectivity index (χ2n) is 1.91. The van der Waals surface area contributed by atoms with E-state index >= 15 is 0 Å². The van der Waals surface area contributed by atoms with Gasteiger partial charge in [-0.25, -0.2) is 4.98 Å². The summed E-state index contributed by atoms with van der Waals surface area (Å²) in [5.41, 5.74) is 1.17. The summed E-state index contributed by atoms with van der Waals surface area (Å²) >= 11 is 1.79. The number of rotatable bonds is 0. The summed E-state index contributed by atoms with van der Waals surface area (Å²) in [6, 6.07) is 0. The van der Waals surface area contributed by atoms with Crippen LogP contribution in [-0.4, -0.2) is 15.7 Å². The number of hydrogen-bond donors (Lipinski definition) is 0. The minimum Gasteiger partial charge on any atom is -0.257 e. The first-order valence-corrected chi connectivity index (χ1v) is 3.88. The quantitative estimate of drug-likeness (QED) is 0.537. The molecule has 46 valence electrons. The first kappa shape index (κ1) is 5.23. The van der Waals surface area contributed by atoms with Crippen LogP contribution in [-0.2, 0) is 6.42 Å². The molecule has 2 nitrogen and oxygen atoms in total. The largest absolute Gasteiger partial charge is 0.257 e. The fourth-order valence-corrected chi connectivity index (χ4v) is 1.84. The third-order valence-corrected chi connectivity index (χ3v) is 2.34. The highest BCUT2D eigenvalue weighted by Crippen LogP contribution is 2.26. The maximum absolute atomic E-state index is 4.18. The number of aryl methyl sites for hydroxylation is 1. The number of fused-ring (bicyclic) bond motifs is 1. The molecule has 1 aliphatic heterocycles. The molecule has 0 N–H and O–H groups in total. The zero-order valence-corrected chi connectivity index (χ0v) is 5.69. The Morgan fingerprint density at radius 3 is 3.11 bits per heavy atom. The van der Waals surface area contributed by atoms with Gasteiger partial charge in [0.25, 0.3) is 0 Å². The van der Waals surface area contributed by atoms with Crippen molar-refractivity contribution < 1.29 is 0 Å². The molecule has 0 radical (unpaired) electrons. The van der Waals surface area contributed by atoms with Gasteiger partial charge in [0.2, 0.25) is 0 Å². The van der Waals surface area contributed by atoms with E-state index in [1.807, 2.05) is 0 Å². The van der Waals surface area contributed by atoms with E-state index in [1.165, 1.54) is 5.69 Å². The molecule has 1 aromatic heterocycles. The molecule has 3 heteroatoms. The van der Waals surface area contributed by atoms with Crippen molar-refractivity contribution >= 4 is 11.8 Å². The van der Waals surface area contributed by atoms with E-state index in [0.29, 0.717) is 0 Å². The van der Waals surface area contributed by atoms with E-state index in [2.05, 4.69) is 9.97 Å². The molecule has 1 aromatic rings. The molecule has 0 saturated heterocycles. The Labute approximate surface area is 57.7 Å². The Morgan fingerprint density at radius 1 is 1.33 bits per heavy atom. The Kier molecular flexibility index (Phi) is 1.16. The highest BCUT2D eigenvalue weighted by molar-refractivity contribution is 7.99. The summed E-state index contributed by atoms with van der Waals surface area (Å²) in [6.07, 6.45) is 4.59. The second-order valence-corrected chi connectivity index (χ2v) is 2.99. The molecule has 9 heavy (non-hydrogen) atoms. The lowest BCUT2D eigenvalue weighted by atomic mass is 10.4. The van der Waals surface area contributed by atoms with Crippen molar-refractivity contribution in [2.45, 2.75) is 11.4 Å². The Morgan fingerprint density at radius 2 is 2.22 bits per heavy atom. The van der Waals surface area contributed by atoms with Crippen LogP contribution in [0.25, 0.3) is 0 Å². The third kappa shape index (κ3) is 0.812. The standard InChI is InChI=1S/C6H6N2S/c1-4-9-6-5(1)7-2-3-8-6/h2-3H,1,4H2. The normalized spacial score (nSPS) is 15.6. The van der Waals surface area contributed by atoms with Crippen molar-refractivity contribution in [2.24, 2.45) is 0 Å². The molecule has 0 aromatic carbocycles. The second kappa shape index (κ2) is 1.99. The highest BCUT2D eigenvalue weighted by atomic mass is 32.2. The van der Waals surface area contributed by atoms with Crippen LogP contribution in [0.15, 0.2) is 17.4 Å². The minimum absolute atomic E-state index is 1.09. The predicted molar refractivity (Wildman–Crippen MR) is 36.5 cm³/mol. The van der Waals surface area contributed by atoms with Gasteiger partial charge in [-0.1, -0.05) is 0 Å². The minimum atomic E-state index is 1.09. The van der Waals surface area contributed by atoms with Crippen molar-refractivity contribution in [3.05, 3.63) is 18.1 Å². The van der Waals surface area contributed by atoms with Gasteiger partial charge in [0.15, 0.2) is 0 Å². The van der Waals surface area contributed by atoms with Crippen LogP contribution in [0.2, 0.25) is 0 Å². The molecule has 1 aliphatic rings. The topological polar surface area (TPSA) is 25.8 Å². The summed E-state index contributed by atoms with van der Waals surface area (Å²) < 4.78 is 0. The van der Waals surface area contributed by atoms with E-state index in [-0.39, 0.29) is 0 Å². The van der Waals surface area contributed by atoms with E-state index < -0.39 is 0 Å². The van der Waals surface area contributed by atoms with Gasteiger partial charge in [0.1, 0.15) is 5.03 Å². The molecule has 2 heterocycles. The Hall–Kier alpha value is -0.570. The molecule has 0 saturated carbocycles. The van der Waals surface area contributed by atoms with Crippen molar-refractivity contribution in [1.29, 1.82) is 0 Å². The zero-order chi connectivity index (χ0) is 6.10. The summed E-state index contributed by atoms with van der Waals surface area (Å²) in [7, 11) is 0. The summed E-state index contributed by atoms with van der Waals surface area (Å²) in [6.45, 7) is 0. The number of thioether (sulfide) groups is 1. The van der Waals surface area contributed by atoms with Gasteiger partial charge >= 0.3 is 0 Å². The Balaban J connectivity index is 2.54. The van der Waals surface area contributed by atoms with E-state index in [4.69, 9.17) is 0 Å². The average molecular weight is 138 g/mol. The predicted octanol–water partition coefficient (Wildman–Crippen LogP) is 1.12. The van der Waals surface area contributed by atoms with Gasteiger partial charge in [-0.2, -0.15) is 0 Å². The van der Waals surface area contributed by atoms with Crippen LogP contribution in [0.4, 0.5) is 0 Å². The molecule has 0 amide bonds. The summed E-state index contributed by atoms with van der Waals surface area (Å²) in [4.78, 5) is 8.34. The monoisotopic (exact) mass is 138 g/mol. The molecule has 0 spiro atoms. The Bertz CT molecular complexity index is 201. The average Bonchev–Trinajstić information content (AvgIpc) is 2.33. The molecule has 0 fully saturated rings. The molecule has 2 rings (SSSR count). The smallest absolute Gasteiger partial charge is 0.118 e. The van der Waals surface area contributed by atoms with Gasteiger partial charge in [0, 0.05) is 24.6 Å². The summed E-state index contributed by atoms with van der Waals surface area (Å²) in [5, 5.41) is 1.12. The van der Waals surface area contributed by atoms with E-state index in [0.717, 1.165) is 17.2 Å². The van der Waals surface area contributed by atoms with Gasteiger partial charge in [0.05, 0.1) is 5.69 Å². The van der Waals surface area contributed by atoms with Crippen molar-refractivity contribution in [3.63, 3.8) is 0 Å². The molecular formula is C6H6N2S. The lowest BCUT2D eigenvalue weighted by molar-refractivity contribution is 0.950. The van der Waals surface area contributed by atoms with Gasteiger partial charge in [-0.3, -0.25) is 4.98 Å². The zero-order valence-electron chi connectivity index (χ0n) is 4.87.